The summed E-state index contributed by atoms with van der Waals surface area (Å²) in [5, 5.41) is 0.277. The van der Waals surface area contributed by atoms with Gasteiger partial charge in [0.05, 0.1) is 36.6 Å². The molecule has 3 rings (SSSR count). The molecule has 126 valence electrons. The molecule has 0 saturated carbocycles. The monoisotopic (exact) mass is 340 g/mol. The summed E-state index contributed by atoms with van der Waals surface area (Å²) in [6, 6.07) is 0. The Morgan fingerprint density at radius 2 is 1.91 bits per heavy atom. The Kier molecular flexibility index (Phi) is 4.99. The second-order valence-corrected chi connectivity index (χ2v) is 6.34. The zero-order chi connectivity index (χ0) is 16.4. The standard InChI is InChI=1S/C15H21ClN4O3/c1-10-8-20(9-11(2)23-10)14(21)13-12(16)7-17-15(18-13)19-3-5-22-6-4-19/h7,10-11H,3-6,8-9H2,1-2H3/t10-,11-/m0/s1. The predicted molar refractivity (Wildman–Crippen MR) is 86.0 cm³/mol. The Morgan fingerprint density at radius 3 is 2.57 bits per heavy atom. The highest BCUT2D eigenvalue weighted by Gasteiger charge is 2.29. The summed E-state index contributed by atoms with van der Waals surface area (Å²) >= 11 is 6.18. The number of morpholine rings is 2. The minimum atomic E-state index is -0.172. The van der Waals surface area contributed by atoms with E-state index in [-0.39, 0.29) is 28.8 Å². The lowest BCUT2D eigenvalue weighted by molar-refractivity contribution is -0.0587. The number of rotatable bonds is 2. The molecule has 0 aromatic carbocycles. The topological polar surface area (TPSA) is 67.8 Å². The second kappa shape index (κ2) is 6.98. The average molecular weight is 341 g/mol. The summed E-state index contributed by atoms with van der Waals surface area (Å²) in [4.78, 5) is 25.2. The fourth-order valence-corrected chi connectivity index (χ4v) is 3.09. The van der Waals surface area contributed by atoms with Crippen LogP contribution in [0.25, 0.3) is 0 Å². The molecular formula is C15H21ClN4O3. The van der Waals surface area contributed by atoms with Crippen molar-refractivity contribution in [1.29, 1.82) is 0 Å². The van der Waals surface area contributed by atoms with E-state index in [4.69, 9.17) is 21.1 Å². The van der Waals surface area contributed by atoms with Crippen molar-refractivity contribution in [2.24, 2.45) is 0 Å². The van der Waals surface area contributed by atoms with Crippen LogP contribution in [-0.2, 0) is 9.47 Å². The molecule has 1 amide bonds. The Bertz CT molecular complexity index is 570. The molecule has 3 heterocycles. The normalized spacial score (nSPS) is 25.5. The molecule has 2 aliphatic rings. The van der Waals surface area contributed by atoms with Crippen LogP contribution in [0.15, 0.2) is 6.20 Å². The van der Waals surface area contributed by atoms with Crippen molar-refractivity contribution in [3.63, 3.8) is 0 Å². The van der Waals surface area contributed by atoms with E-state index < -0.39 is 0 Å². The predicted octanol–water partition coefficient (Wildman–Crippen LogP) is 1.22. The largest absolute Gasteiger partial charge is 0.378 e. The number of aromatic nitrogens is 2. The molecule has 0 spiro atoms. The molecule has 1 aromatic heterocycles. The Morgan fingerprint density at radius 1 is 1.26 bits per heavy atom. The van der Waals surface area contributed by atoms with Crippen LogP contribution >= 0.6 is 11.6 Å². The number of hydrogen-bond donors (Lipinski definition) is 0. The van der Waals surface area contributed by atoms with Crippen LogP contribution in [0.4, 0.5) is 5.95 Å². The number of nitrogens with zero attached hydrogens (tertiary/aromatic N) is 4. The average Bonchev–Trinajstić information content (AvgIpc) is 2.54. The van der Waals surface area contributed by atoms with Gasteiger partial charge in [0.1, 0.15) is 0 Å². The first kappa shape index (κ1) is 16.4. The number of anilines is 1. The zero-order valence-corrected chi connectivity index (χ0v) is 14.1. The molecule has 2 aliphatic heterocycles. The molecule has 0 aliphatic carbocycles. The van der Waals surface area contributed by atoms with E-state index in [0.29, 0.717) is 45.3 Å². The molecule has 0 radical (unpaired) electrons. The van der Waals surface area contributed by atoms with Gasteiger partial charge in [-0.05, 0) is 13.8 Å². The number of carbonyl (C=O) groups is 1. The summed E-state index contributed by atoms with van der Waals surface area (Å²) in [5.74, 6) is 0.351. The van der Waals surface area contributed by atoms with Crippen molar-refractivity contribution in [2.45, 2.75) is 26.1 Å². The van der Waals surface area contributed by atoms with Crippen LogP contribution in [-0.4, -0.2) is 72.4 Å². The maximum Gasteiger partial charge on any atom is 0.274 e. The van der Waals surface area contributed by atoms with Crippen LogP contribution in [0.5, 0.6) is 0 Å². The number of halogens is 1. The zero-order valence-electron chi connectivity index (χ0n) is 13.4. The highest BCUT2D eigenvalue weighted by molar-refractivity contribution is 6.33. The van der Waals surface area contributed by atoms with Crippen molar-refractivity contribution in [3.05, 3.63) is 16.9 Å². The lowest BCUT2D eigenvalue weighted by Crippen LogP contribution is -2.48. The number of amides is 1. The molecule has 2 atom stereocenters. The lowest BCUT2D eigenvalue weighted by Gasteiger charge is -2.35. The fraction of sp³-hybridized carbons (Fsp3) is 0.667. The highest BCUT2D eigenvalue weighted by atomic mass is 35.5. The van der Waals surface area contributed by atoms with E-state index in [9.17, 15) is 4.79 Å². The maximum absolute atomic E-state index is 12.8. The SMILES string of the molecule is C[C@H]1CN(C(=O)c2nc(N3CCOCC3)ncc2Cl)C[C@H](C)O1. The van der Waals surface area contributed by atoms with Gasteiger partial charge in [-0.1, -0.05) is 11.6 Å². The second-order valence-electron chi connectivity index (χ2n) is 5.93. The van der Waals surface area contributed by atoms with Crippen LogP contribution in [0, 0.1) is 0 Å². The summed E-state index contributed by atoms with van der Waals surface area (Å²) in [6.45, 7) is 7.67. The van der Waals surface area contributed by atoms with E-state index in [1.54, 1.807) is 4.90 Å². The van der Waals surface area contributed by atoms with Crippen molar-refractivity contribution in [3.8, 4) is 0 Å². The highest BCUT2D eigenvalue weighted by Crippen LogP contribution is 2.21. The van der Waals surface area contributed by atoms with E-state index in [1.807, 2.05) is 18.7 Å². The minimum Gasteiger partial charge on any atom is -0.378 e. The van der Waals surface area contributed by atoms with Crippen LogP contribution < -0.4 is 4.90 Å². The van der Waals surface area contributed by atoms with Gasteiger partial charge in [0.25, 0.3) is 5.91 Å². The van der Waals surface area contributed by atoms with Crippen LogP contribution in [0.3, 0.4) is 0 Å². The first-order chi connectivity index (χ1) is 11.0. The molecule has 0 unspecified atom stereocenters. The van der Waals surface area contributed by atoms with Gasteiger partial charge in [-0.2, -0.15) is 0 Å². The quantitative estimate of drug-likeness (QED) is 0.806. The molecule has 1 aromatic rings. The van der Waals surface area contributed by atoms with Gasteiger partial charge in [-0.25, -0.2) is 9.97 Å². The van der Waals surface area contributed by atoms with Gasteiger partial charge < -0.3 is 19.3 Å². The van der Waals surface area contributed by atoms with Gasteiger partial charge in [-0.15, -0.1) is 0 Å². The van der Waals surface area contributed by atoms with E-state index in [0.717, 1.165) is 0 Å². The third kappa shape index (κ3) is 3.73. The van der Waals surface area contributed by atoms with Gasteiger partial charge in [0.15, 0.2) is 5.69 Å². The maximum atomic E-state index is 12.8. The molecule has 0 bridgehead atoms. The molecule has 8 heteroatoms. The van der Waals surface area contributed by atoms with Crippen molar-refractivity contribution in [1.82, 2.24) is 14.9 Å². The van der Waals surface area contributed by atoms with Gasteiger partial charge >= 0.3 is 0 Å². The van der Waals surface area contributed by atoms with Gasteiger partial charge in [0, 0.05) is 26.2 Å². The van der Waals surface area contributed by atoms with Crippen LogP contribution in [0.1, 0.15) is 24.3 Å². The summed E-state index contributed by atoms with van der Waals surface area (Å²) in [5.41, 5.74) is 0.254. The number of hydrogen-bond acceptors (Lipinski definition) is 6. The number of ether oxygens (including phenoxy) is 2. The smallest absolute Gasteiger partial charge is 0.274 e. The Labute approximate surface area is 140 Å². The van der Waals surface area contributed by atoms with Gasteiger partial charge in [0.2, 0.25) is 5.95 Å². The summed E-state index contributed by atoms with van der Waals surface area (Å²) in [6.07, 6.45) is 1.50. The molecule has 2 fully saturated rings. The Balaban J connectivity index is 1.81. The molecular weight excluding hydrogens is 320 g/mol. The lowest BCUT2D eigenvalue weighted by atomic mass is 10.2. The number of carbonyl (C=O) groups excluding carboxylic acids is 1. The molecule has 2 saturated heterocycles. The minimum absolute atomic E-state index is 0.00188. The molecule has 0 N–H and O–H groups in total. The van der Waals surface area contributed by atoms with Crippen molar-refractivity contribution in [2.75, 3.05) is 44.3 Å². The third-order valence-electron chi connectivity index (χ3n) is 3.93. The molecule has 23 heavy (non-hydrogen) atoms. The van der Waals surface area contributed by atoms with E-state index in [1.165, 1.54) is 6.20 Å². The first-order valence-corrected chi connectivity index (χ1v) is 8.22. The van der Waals surface area contributed by atoms with Gasteiger partial charge in [-0.3, -0.25) is 4.79 Å². The third-order valence-corrected chi connectivity index (χ3v) is 4.21. The summed E-state index contributed by atoms with van der Waals surface area (Å²) in [7, 11) is 0. The van der Waals surface area contributed by atoms with Crippen molar-refractivity contribution >= 4 is 23.5 Å². The fourth-order valence-electron chi connectivity index (χ4n) is 2.92. The molecule has 7 nitrogen and oxygen atoms in total. The van der Waals surface area contributed by atoms with Crippen molar-refractivity contribution < 1.29 is 14.3 Å². The van der Waals surface area contributed by atoms with E-state index >= 15 is 0 Å². The first-order valence-electron chi connectivity index (χ1n) is 7.84. The van der Waals surface area contributed by atoms with E-state index in [2.05, 4.69) is 9.97 Å². The Hall–Kier alpha value is -1.44. The summed E-state index contributed by atoms with van der Waals surface area (Å²) < 4.78 is 11.0. The van der Waals surface area contributed by atoms with Crippen LogP contribution in [0.2, 0.25) is 5.02 Å².